The topological polar surface area (TPSA) is 156 Å². The van der Waals surface area contributed by atoms with Gasteiger partial charge in [0.1, 0.15) is 23.9 Å². The van der Waals surface area contributed by atoms with E-state index >= 15 is 0 Å². The Kier molecular flexibility index (Phi) is 7.29. The number of ether oxygens (including phenoxy) is 3. The van der Waals surface area contributed by atoms with Crippen LogP contribution in [0, 0.1) is 20.2 Å². The van der Waals surface area contributed by atoms with Gasteiger partial charge in [-0.1, -0.05) is 12.1 Å². The molecule has 0 aliphatic rings. The molecule has 0 unspecified atom stereocenters. The quantitative estimate of drug-likeness (QED) is 0.210. The van der Waals surface area contributed by atoms with Gasteiger partial charge >= 0.3 is 0 Å². The predicted octanol–water partition coefficient (Wildman–Crippen LogP) is 5.73. The Hall–Kier alpha value is -5.39. The summed E-state index contributed by atoms with van der Waals surface area (Å²) in [5.41, 5.74) is -0.245. The molecule has 1 N–H and O–H groups in total. The average Bonchev–Trinajstić information content (AvgIpc) is 3.37. The Morgan fingerprint density at radius 3 is 2.24 bits per heavy atom. The number of anilines is 1. The Balaban J connectivity index is 1.45. The number of benzene rings is 3. The molecule has 3 aromatic carbocycles. The molecule has 1 heterocycles. The molecular formula is C25H19N3O9. The Labute approximate surface area is 209 Å². The van der Waals surface area contributed by atoms with E-state index in [1.165, 1.54) is 61.7 Å². The molecule has 0 atom stereocenters. The lowest BCUT2D eigenvalue weighted by molar-refractivity contribution is -0.385. The van der Waals surface area contributed by atoms with Gasteiger partial charge in [0.05, 0.1) is 28.7 Å². The molecule has 1 aromatic heterocycles. The number of rotatable bonds is 10. The number of nitro benzene ring substituents is 2. The molecule has 0 bridgehead atoms. The van der Waals surface area contributed by atoms with Crippen molar-refractivity contribution >= 4 is 23.0 Å². The van der Waals surface area contributed by atoms with Crippen molar-refractivity contribution in [3.8, 4) is 23.0 Å². The first kappa shape index (κ1) is 24.7. The van der Waals surface area contributed by atoms with E-state index in [2.05, 4.69) is 5.32 Å². The minimum absolute atomic E-state index is 0.0290. The third-order valence-electron chi connectivity index (χ3n) is 4.97. The minimum Gasteiger partial charge on any atom is -0.493 e. The Morgan fingerprint density at radius 1 is 0.865 bits per heavy atom. The number of nitrogens with one attached hydrogen (secondary N) is 1. The molecule has 0 radical (unpaired) electrons. The van der Waals surface area contributed by atoms with Gasteiger partial charge in [-0.2, -0.15) is 0 Å². The molecule has 12 nitrogen and oxygen atoms in total. The van der Waals surface area contributed by atoms with E-state index in [0.717, 1.165) is 0 Å². The predicted molar refractivity (Wildman–Crippen MR) is 130 cm³/mol. The summed E-state index contributed by atoms with van der Waals surface area (Å²) >= 11 is 0. The Morgan fingerprint density at radius 2 is 1.57 bits per heavy atom. The van der Waals surface area contributed by atoms with Crippen molar-refractivity contribution in [2.75, 3.05) is 12.4 Å². The number of carbonyl (C=O) groups excluding carboxylic acids is 1. The van der Waals surface area contributed by atoms with Crippen LogP contribution in [-0.4, -0.2) is 22.9 Å². The van der Waals surface area contributed by atoms with Crippen molar-refractivity contribution < 1.29 is 33.3 Å². The maximum Gasteiger partial charge on any atom is 0.291 e. The normalized spacial score (nSPS) is 10.4. The van der Waals surface area contributed by atoms with Crippen molar-refractivity contribution in [1.82, 2.24) is 0 Å². The van der Waals surface area contributed by atoms with E-state index in [1.807, 2.05) is 0 Å². The lowest BCUT2D eigenvalue weighted by atomic mass is 10.2. The second-order valence-corrected chi connectivity index (χ2v) is 7.49. The van der Waals surface area contributed by atoms with E-state index in [9.17, 15) is 25.0 Å². The summed E-state index contributed by atoms with van der Waals surface area (Å²) in [6, 6.07) is 19.1. The second kappa shape index (κ2) is 10.9. The van der Waals surface area contributed by atoms with Crippen LogP contribution in [0.1, 0.15) is 16.3 Å². The summed E-state index contributed by atoms with van der Waals surface area (Å²) in [6.07, 6.45) is 0. The van der Waals surface area contributed by atoms with Crippen LogP contribution in [0.5, 0.6) is 23.0 Å². The molecule has 4 aromatic rings. The molecule has 0 fully saturated rings. The molecule has 0 aliphatic carbocycles. The summed E-state index contributed by atoms with van der Waals surface area (Å²) in [4.78, 5) is 33.8. The van der Waals surface area contributed by atoms with Crippen LogP contribution in [-0.2, 0) is 6.61 Å². The number of furan rings is 1. The second-order valence-electron chi connectivity index (χ2n) is 7.49. The molecule has 4 rings (SSSR count). The van der Waals surface area contributed by atoms with E-state index < -0.39 is 15.8 Å². The molecular weight excluding hydrogens is 486 g/mol. The third kappa shape index (κ3) is 6.19. The maximum absolute atomic E-state index is 12.7. The van der Waals surface area contributed by atoms with Gasteiger partial charge < -0.3 is 23.9 Å². The van der Waals surface area contributed by atoms with Crippen molar-refractivity contribution in [2.24, 2.45) is 0 Å². The fraction of sp³-hybridized carbons (Fsp3) is 0.0800. The number of para-hydroxylation sites is 2. The van der Waals surface area contributed by atoms with Crippen molar-refractivity contribution in [2.45, 2.75) is 6.61 Å². The molecule has 12 heteroatoms. The first-order valence-electron chi connectivity index (χ1n) is 10.7. The Bertz CT molecular complexity index is 1450. The van der Waals surface area contributed by atoms with Crippen molar-refractivity contribution in [3.05, 3.63) is 111 Å². The van der Waals surface area contributed by atoms with Crippen molar-refractivity contribution in [1.29, 1.82) is 0 Å². The number of amides is 1. The summed E-state index contributed by atoms with van der Waals surface area (Å²) in [6.45, 7) is -0.0290. The van der Waals surface area contributed by atoms with Gasteiger partial charge in [0, 0.05) is 24.3 Å². The number of hydrogen-bond acceptors (Lipinski definition) is 9. The van der Waals surface area contributed by atoms with Gasteiger partial charge in [-0.15, -0.1) is 0 Å². The number of carbonyl (C=O) groups is 1. The number of non-ortho nitro benzene ring substituents is 2. The summed E-state index contributed by atoms with van der Waals surface area (Å²) < 4.78 is 22.0. The summed E-state index contributed by atoms with van der Waals surface area (Å²) in [5, 5.41) is 24.7. The van der Waals surface area contributed by atoms with E-state index in [-0.39, 0.29) is 35.2 Å². The molecule has 0 spiro atoms. The molecule has 0 aliphatic heterocycles. The standard InChI is InChI=1S/C25H19N3O9/c1-34-22-4-2-3-5-23(22)37-21-13-16(12-18(14-21)28(32)33)26-25(29)24-11-10-20(36-24)15-35-19-8-6-17(7-9-19)27(30)31/h2-14H,15H2,1H3,(H,26,29). The highest BCUT2D eigenvalue weighted by Crippen LogP contribution is 2.34. The lowest BCUT2D eigenvalue weighted by Gasteiger charge is -2.11. The zero-order chi connectivity index (χ0) is 26.4. The molecule has 188 valence electrons. The van der Waals surface area contributed by atoms with Gasteiger partial charge in [0.15, 0.2) is 17.3 Å². The fourth-order valence-corrected chi connectivity index (χ4v) is 3.24. The molecule has 0 saturated carbocycles. The van der Waals surface area contributed by atoms with Crippen LogP contribution >= 0.6 is 0 Å². The van der Waals surface area contributed by atoms with E-state index in [4.69, 9.17) is 18.6 Å². The SMILES string of the molecule is COc1ccccc1Oc1cc(NC(=O)c2ccc(COc3ccc([N+](=O)[O-])cc3)o2)cc([N+](=O)[O-])c1. The first-order valence-corrected chi connectivity index (χ1v) is 10.7. The monoisotopic (exact) mass is 505 g/mol. The first-order chi connectivity index (χ1) is 17.8. The number of hydrogen-bond donors (Lipinski definition) is 1. The minimum atomic E-state index is -0.648. The van der Waals surface area contributed by atoms with Gasteiger partial charge in [-0.05, 0) is 36.4 Å². The molecule has 1 amide bonds. The number of methoxy groups -OCH3 is 1. The summed E-state index contributed by atoms with van der Waals surface area (Å²) in [5.74, 6) is 0.886. The highest BCUT2D eigenvalue weighted by atomic mass is 16.6. The van der Waals surface area contributed by atoms with Gasteiger partial charge in [0.25, 0.3) is 17.3 Å². The van der Waals surface area contributed by atoms with Gasteiger partial charge in [-0.25, -0.2) is 0 Å². The summed E-state index contributed by atoms with van der Waals surface area (Å²) in [7, 11) is 1.47. The third-order valence-corrected chi connectivity index (χ3v) is 4.97. The largest absolute Gasteiger partial charge is 0.493 e. The zero-order valence-corrected chi connectivity index (χ0v) is 19.3. The molecule has 37 heavy (non-hydrogen) atoms. The number of nitrogens with zero attached hydrogens (tertiary/aromatic N) is 2. The van der Waals surface area contributed by atoms with Crippen LogP contribution in [0.2, 0.25) is 0 Å². The van der Waals surface area contributed by atoms with Gasteiger partial charge in [-0.3, -0.25) is 25.0 Å². The van der Waals surface area contributed by atoms with Crippen LogP contribution in [0.4, 0.5) is 17.1 Å². The average molecular weight is 505 g/mol. The van der Waals surface area contributed by atoms with Crippen LogP contribution in [0.15, 0.2) is 83.3 Å². The maximum atomic E-state index is 12.7. The fourth-order valence-electron chi connectivity index (χ4n) is 3.24. The van der Waals surface area contributed by atoms with Crippen LogP contribution in [0.25, 0.3) is 0 Å². The zero-order valence-electron chi connectivity index (χ0n) is 19.3. The number of nitro groups is 2. The van der Waals surface area contributed by atoms with Crippen LogP contribution < -0.4 is 19.5 Å². The highest BCUT2D eigenvalue weighted by molar-refractivity contribution is 6.02. The smallest absolute Gasteiger partial charge is 0.291 e. The van der Waals surface area contributed by atoms with Crippen molar-refractivity contribution in [3.63, 3.8) is 0 Å². The van der Waals surface area contributed by atoms with E-state index in [0.29, 0.717) is 23.0 Å². The lowest BCUT2D eigenvalue weighted by Crippen LogP contribution is -2.11. The van der Waals surface area contributed by atoms with Gasteiger partial charge in [0.2, 0.25) is 0 Å². The van der Waals surface area contributed by atoms with Crippen LogP contribution in [0.3, 0.4) is 0 Å². The highest BCUT2D eigenvalue weighted by Gasteiger charge is 2.17. The van der Waals surface area contributed by atoms with E-state index in [1.54, 1.807) is 24.3 Å². The molecule has 0 saturated heterocycles.